The molecule has 1 aliphatic carbocycles. The van der Waals surface area contributed by atoms with Crippen molar-refractivity contribution in [1.29, 1.82) is 0 Å². The summed E-state index contributed by atoms with van der Waals surface area (Å²) in [5, 5.41) is 5.86. The topological polar surface area (TPSA) is 79.4 Å². The predicted molar refractivity (Wildman–Crippen MR) is 127 cm³/mol. The molecule has 1 saturated carbocycles. The van der Waals surface area contributed by atoms with Crippen LogP contribution in [0.1, 0.15) is 50.8 Å². The molecule has 2 bridgehead atoms. The molecular formula is C24H29N5O2S. The van der Waals surface area contributed by atoms with Crippen LogP contribution in [-0.2, 0) is 15.2 Å². The Labute approximate surface area is 192 Å². The first-order chi connectivity index (χ1) is 15.5. The summed E-state index contributed by atoms with van der Waals surface area (Å²) in [4.78, 5) is 24.7. The Morgan fingerprint density at radius 1 is 1.09 bits per heavy atom. The minimum Gasteiger partial charge on any atom is -0.377 e. The van der Waals surface area contributed by atoms with Gasteiger partial charge in [-0.1, -0.05) is 0 Å². The van der Waals surface area contributed by atoms with Crippen LogP contribution in [0.15, 0.2) is 24.3 Å². The Kier molecular flexibility index (Phi) is 4.84. The molecule has 3 fully saturated rings. The predicted octanol–water partition coefficient (Wildman–Crippen LogP) is 4.28. The maximum absolute atomic E-state index is 12.0. The zero-order valence-electron chi connectivity index (χ0n) is 18.6. The lowest BCUT2D eigenvalue weighted by Crippen LogP contribution is -2.47. The van der Waals surface area contributed by atoms with Gasteiger partial charge in [-0.25, -0.2) is 14.8 Å². The minimum absolute atomic E-state index is 0.0322. The number of carbonyl (C=O) groups is 1. The molecule has 7 nitrogen and oxygen atoms in total. The molecule has 0 radical (unpaired) electrons. The van der Waals surface area contributed by atoms with Crippen molar-refractivity contribution in [2.75, 3.05) is 23.4 Å². The number of anilines is 2. The Bertz CT molecular complexity index is 1040. The molecule has 2 N–H and O–H groups in total. The third-order valence-corrected chi connectivity index (χ3v) is 8.28. The summed E-state index contributed by atoms with van der Waals surface area (Å²) in [5.74, 6) is 2.81. The van der Waals surface area contributed by atoms with E-state index < -0.39 is 0 Å². The summed E-state index contributed by atoms with van der Waals surface area (Å²) in [5.41, 5.74) is 4.18. The second kappa shape index (κ2) is 7.63. The monoisotopic (exact) mass is 451 g/mol. The van der Waals surface area contributed by atoms with Crippen molar-refractivity contribution < 1.29 is 9.53 Å². The molecule has 6 rings (SSSR count). The van der Waals surface area contributed by atoms with Crippen molar-refractivity contribution in [3.05, 3.63) is 35.5 Å². The third kappa shape index (κ3) is 3.63. The smallest absolute Gasteiger partial charge is 0.319 e. The molecule has 4 aliphatic rings. The maximum Gasteiger partial charge on any atom is 0.319 e. The second-order valence-electron chi connectivity index (χ2n) is 9.78. The summed E-state index contributed by atoms with van der Waals surface area (Å²) in [7, 11) is 0. The number of nitrogens with one attached hydrogen (secondary N) is 2. The number of carbonyl (C=O) groups excluding carboxylic acids is 1. The molecule has 3 aliphatic heterocycles. The van der Waals surface area contributed by atoms with Gasteiger partial charge in [-0.15, -0.1) is 11.8 Å². The number of thioether (sulfide) groups is 1. The van der Waals surface area contributed by atoms with Crippen LogP contribution in [0.5, 0.6) is 0 Å². The van der Waals surface area contributed by atoms with E-state index in [4.69, 9.17) is 14.7 Å². The van der Waals surface area contributed by atoms with E-state index >= 15 is 0 Å². The summed E-state index contributed by atoms with van der Waals surface area (Å²) in [6.07, 6.45) is 4.48. The molecule has 4 heterocycles. The lowest BCUT2D eigenvalue weighted by atomic mass is 10.0. The van der Waals surface area contributed by atoms with Crippen molar-refractivity contribution in [3.8, 4) is 11.4 Å². The van der Waals surface area contributed by atoms with Crippen LogP contribution in [0.3, 0.4) is 0 Å². The number of ether oxygens (including phenoxy) is 1. The number of hydrogen-bond donors (Lipinski definition) is 2. The van der Waals surface area contributed by atoms with Gasteiger partial charge in [-0.3, -0.25) is 0 Å². The van der Waals surface area contributed by atoms with Crippen LogP contribution < -0.4 is 15.5 Å². The van der Waals surface area contributed by atoms with Gasteiger partial charge in [0.05, 0.1) is 35.7 Å². The number of fused-ring (bicyclic) bond motifs is 3. The SMILES string of the molecule is CC1(C)SCc2c(N3C4CCC3COC4)nc(-c3ccc(NC(=O)NC4CC4)cc3)nc21. The van der Waals surface area contributed by atoms with E-state index in [9.17, 15) is 4.79 Å². The molecule has 2 saturated heterocycles. The van der Waals surface area contributed by atoms with Gasteiger partial charge in [-0.05, 0) is 63.8 Å². The molecule has 2 unspecified atom stereocenters. The Hall–Kier alpha value is -2.32. The summed E-state index contributed by atoms with van der Waals surface area (Å²) in [6.45, 7) is 6.07. The first-order valence-corrected chi connectivity index (χ1v) is 12.6. The van der Waals surface area contributed by atoms with Gasteiger partial charge in [0.25, 0.3) is 0 Å². The molecule has 1 aromatic heterocycles. The van der Waals surface area contributed by atoms with E-state index in [-0.39, 0.29) is 10.8 Å². The average Bonchev–Trinajstić information content (AvgIpc) is 3.49. The summed E-state index contributed by atoms with van der Waals surface area (Å²) in [6, 6.07) is 8.87. The van der Waals surface area contributed by atoms with Crippen molar-refractivity contribution in [2.45, 2.75) is 68.2 Å². The normalized spacial score (nSPS) is 25.5. The van der Waals surface area contributed by atoms with E-state index in [1.165, 1.54) is 18.4 Å². The minimum atomic E-state index is -0.141. The largest absolute Gasteiger partial charge is 0.377 e. The van der Waals surface area contributed by atoms with Gasteiger partial charge in [-0.2, -0.15) is 0 Å². The van der Waals surface area contributed by atoms with E-state index in [1.54, 1.807) is 0 Å². The standard InChI is InChI=1S/C24H29N5O2S/c1-24(2)20-19(13-32-24)22(29-17-9-10-18(29)12-31-11-17)28-21(27-20)14-3-5-15(6-4-14)25-23(30)26-16-7-8-16/h3-6,16-18H,7-13H2,1-2H3,(H2,25,26,30). The average molecular weight is 452 g/mol. The van der Waals surface area contributed by atoms with E-state index in [0.717, 1.165) is 60.4 Å². The molecule has 2 aromatic rings. The quantitative estimate of drug-likeness (QED) is 0.723. The molecule has 168 valence electrons. The van der Waals surface area contributed by atoms with Crippen molar-refractivity contribution >= 4 is 29.3 Å². The number of nitrogens with zero attached hydrogens (tertiary/aromatic N) is 3. The van der Waals surface area contributed by atoms with Gasteiger partial charge in [0.15, 0.2) is 5.82 Å². The fourth-order valence-corrected chi connectivity index (χ4v) is 6.10. The molecule has 0 spiro atoms. The number of aromatic nitrogens is 2. The zero-order valence-corrected chi connectivity index (χ0v) is 19.4. The van der Waals surface area contributed by atoms with Gasteiger partial charge in [0.2, 0.25) is 0 Å². The van der Waals surface area contributed by atoms with E-state index in [0.29, 0.717) is 18.1 Å². The number of rotatable bonds is 4. The van der Waals surface area contributed by atoms with Crippen molar-refractivity contribution in [2.24, 2.45) is 0 Å². The maximum atomic E-state index is 12.0. The van der Waals surface area contributed by atoms with E-state index in [2.05, 4.69) is 29.4 Å². The third-order valence-electron chi connectivity index (χ3n) is 6.93. The lowest BCUT2D eigenvalue weighted by molar-refractivity contribution is 0.0901. The highest BCUT2D eigenvalue weighted by Gasteiger charge is 2.43. The fourth-order valence-electron chi connectivity index (χ4n) is 5.02. The molecule has 1 aromatic carbocycles. The Balaban J connectivity index is 1.33. The highest BCUT2D eigenvalue weighted by Crippen LogP contribution is 2.50. The molecule has 2 atom stereocenters. The highest BCUT2D eigenvalue weighted by molar-refractivity contribution is 7.99. The van der Waals surface area contributed by atoms with Crippen molar-refractivity contribution in [3.63, 3.8) is 0 Å². The number of amides is 2. The molecular weight excluding hydrogens is 422 g/mol. The Morgan fingerprint density at radius 2 is 1.81 bits per heavy atom. The van der Waals surface area contributed by atoms with Crippen LogP contribution in [-0.4, -0.2) is 47.3 Å². The van der Waals surface area contributed by atoms with Crippen LogP contribution in [0, 0.1) is 0 Å². The highest BCUT2D eigenvalue weighted by atomic mass is 32.2. The number of benzene rings is 1. The number of hydrogen-bond acceptors (Lipinski definition) is 6. The molecule has 32 heavy (non-hydrogen) atoms. The van der Waals surface area contributed by atoms with Crippen molar-refractivity contribution in [1.82, 2.24) is 15.3 Å². The van der Waals surface area contributed by atoms with Crippen LogP contribution in [0.25, 0.3) is 11.4 Å². The van der Waals surface area contributed by atoms with Crippen LogP contribution in [0.2, 0.25) is 0 Å². The number of urea groups is 1. The fraction of sp³-hybridized carbons (Fsp3) is 0.542. The first-order valence-electron chi connectivity index (χ1n) is 11.6. The zero-order chi connectivity index (χ0) is 21.9. The van der Waals surface area contributed by atoms with Crippen LogP contribution >= 0.6 is 11.8 Å². The van der Waals surface area contributed by atoms with Gasteiger partial charge >= 0.3 is 6.03 Å². The Morgan fingerprint density at radius 3 is 2.50 bits per heavy atom. The summed E-state index contributed by atoms with van der Waals surface area (Å²) >= 11 is 1.94. The molecule has 8 heteroatoms. The van der Waals surface area contributed by atoms with Gasteiger partial charge < -0.3 is 20.3 Å². The van der Waals surface area contributed by atoms with E-state index in [1.807, 2.05) is 36.0 Å². The lowest BCUT2D eigenvalue weighted by Gasteiger charge is -2.37. The summed E-state index contributed by atoms with van der Waals surface area (Å²) < 4.78 is 5.79. The molecule has 2 amide bonds. The first kappa shape index (κ1) is 20.3. The second-order valence-corrected chi connectivity index (χ2v) is 11.4. The van der Waals surface area contributed by atoms with Gasteiger partial charge in [0.1, 0.15) is 5.82 Å². The van der Waals surface area contributed by atoms with Crippen LogP contribution in [0.4, 0.5) is 16.3 Å². The van der Waals surface area contributed by atoms with Gasteiger partial charge in [0, 0.05) is 28.6 Å². The number of morpholine rings is 1.